The van der Waals surface area contributed by atoms with Crippen LogP contribution in [0.25, 0.3) is 4.98 Å². The topological polar surface area (TPSA) is 40.6 Å². The van der Waals surface area contributed by atoms with E-state index in [4.69, 9.17) is 39.2 Å². The zero-order valence-corrected chi connectivity index (χ0v) is 17.2. The van der Waals surface area contributed by atoms with Crippen LogP contribution >= 0.6 is 29.1 Å². The second-order valence-corrected chi connectivity index (χ2v) is 17.5. The molecule has 0 saturated heterocycles. The Morgan fingerprint density at radius 3 is 2.15 bits per heavy atom. The predicted octanol–water partition coefficient (Wildman–Crippen LogP) is 5.48. The van der Waals surface area contributed by atoms with Gasteiger partial charge in [-0.2, -0.15) is 0 Å². The van der Waals surface area contributed by atoms with Crippen molar-refractivity contribution in [1.82, 2.24) is 0 Å². The van der Waals surface area contributed by atoms with E-state index in [1.54, 1.807) is 6.07 Å². The van der Waals surface area contributed by atoms with Crippen LogP contribution in [0.1, 0.15) is 20.8 Å². The second kappa shape index (κ2) is 11.4. The van der Waals surface area contributed by atoms with Crippen molar-refractivity contribution in [3.63, 3.8) is 0 Å². The Kier molecular flexibility index (Phi) is 11.2. The van der Waals surface area contributed by atoms with Crippen molar-refractivity contribution in [2.24, 2.45) is 0 Å². The summed E-state index contributed by atoms with van der Waals surface area (Å²) in [4.78, 5) is 5.41. The van der Waals surface area contributed by atoms with Gasteiger partial charge in [-0.25, -0.2) is 0 Å². The number of benzene rings is 1. The van der Waals surface area contributed by atoms with Crippen molar-refractivity contribution >= 4 is 40.4 Å². The van der Waals surface area contributed by atoms with E-state index in [0.717, 1.165) is 18.8 Å². The summed E-state index contributed by atoms with van der Waals surface area (Å²) < 4.78 is 5.43. The van der Waals surface area contributed by atoms with Gasteiger partial charge in [-0.1, -0.05) is 0 Å². The van der Waals surface area contributed by atoms with Gasteiger partial charge in [0.2, 0.25) is 11.1 Å². The molecule has 4 nitrogen and oxygen atoms in total. The van der Waals surface area contributed by atoms with Gasteiger partial charge in [0.25, 0.3) is 0 Å². The molecule has 0 saturated carbocycles. The molecule has 0 radical (unpaired) electrons. The Hall–Kier alpha value is -0.267. The van der Waals surface area contributed by atoms with E-state index in [9.17, 15) is 0 Å². The van der Waals surface area contributed by atoms with Crippen molar-refractivity contribution < 1.29 is 17.7 Å². The van der Waals surface area contributed by atoms with Crippen molar-refractivity contribution in [2.45, 2.75) is 20.8 Å². The van der Waals surface area contributed by atoms with E-state index < -0.39 is 13.0 Å². The maximum absolute atomic E-state index is 8.82. The zero-order chi connectivity index (χ0) is 15.5. The Balaban J connectivity index is 0.000000796. The van der Waals surface area contributed by atoms with E-state index in [0.29, 0.717) is 18.0 Å². The summed E-state index contributed by atoms with van der Waals surface area (Å²) in [7, 11) is 15.0. The third-order valence-corrected chi connectivity index (χ3v) is 2.48. The van der Waals surface area contributed by atoms with Crippen LogP contribution in [0.3, 0.4) is 0 Å². The summed E-state index contributed by atoms with van der Waals surface area (Å²) in [6.07, 6.45) is 0. The molecule has 0 bridgehead atoms. The van der Waals surface area contributed by atoms with E-state index in [1.807, 2.05) is 19.1 Å². The molecule has 1 rings (SSSR count). The standard InChI is InChI=1S/C12H18N3O.3ClH.Zn/c1-4-15(5-2)10-7-8-11(14-13)12(9-10)16-6-3;;;;/h7-9H,4-6H2,1-3H3;3*1H;/q+1;;;;+2/p-3. The molecule has 110 valence electrons. The normalized spacial score (nSPS) is 9.05. The number of diazo groups is 1. The molecule has 0 aliphatic rings. The molecule has 0 heterocycles. The van der Waals surface area contributed by atoms with Crippen LogP contribution in [-0.2, 0) is 13.0 Å². The fourth-order valence-electron chi connectivity index (χ4n) is 1.64. The van der Waals surface area contributed by atoms with Gasteiger partial charge in [0.15, 0.2) is 4.98 Å². The van der Waals surface area contributed by atoms with E-state index in [1.165, 1.54) is 0 Å². The van der Waals surface area contributed by atoms with Crippen LogP contribution in [-0.4, -0.2) is 19.7 Å². The van der Waals surface area contributed by atoms with Gasteiger partial charge in [-0.15, -0.1) is 0 Å². The quantitative estimate of drug-likeness (QED) is 0.492. The van der Waals surface area contributed by atoms with E-state index in [2.05, 4.69) is 23.7 Å². The first-order valence-corrected chi connectivity index (χ1v) is 18.1. The number of hydrogen-bond acceptors (Lipinski definition) is 3. The van der Waals surface area contributed by atoms with Gasteiger partial charge in [-0.05, 0) is 26.8 Å². The van der Waals surface area contributed by atoms with Crippen molar-refractivity contribution in [1.29, 1.82) is 5.39 Å². The number of rotatable bonds is 5. The summed E-state index contributed by atoms with van der Waals surface area (Å²) in [5.41, 5.74) is 1.55. The molecule has 1 aromatic carbocycles. The van der Waals surface area contributed by atoms with Crippen LogP contribution in [0, 0.1) is 5.39 Å². The average molecular weight is 392 g/mol. The van der Waals surface area contributed by atoms with Gasteiger partial charge < -0.3 is 9.64 Å². The molecular weight excluding hydrogens is 374 g/mol. The summed E-state index contributed by atoms with van der Waals surface area (Å²) in [6, 6.07) is 5.61. The molecule has 0 fully saturated rings. The van der Waals surface area contributed by atoms with Crippen LogP contribution < -0.4 is 9.64 Å². The molecule has 0 amide bonds. The predicted molar refractivity (Wildman–Crippen MR) is 83.5 cm³/mol. The first-order valence-electron chi connectivity index (χ1n) is 6.43. The molecular formula is C12H18Cl3N3OZn. The first kappa shape index (κ1) is 19.7. The van der Waals surface area contributed by atoms with Crippen molar-refractivity contribution in [3.8, 4) is 5.75 Å². The molecule has 1 aromatic rings. The summed E-state index contributed by atoms with van der Waals surface area (Å²) in [5.74, 6) is 0.620. The molecule has 0 spiro atoms. The molecule has 8 heteroatoms. The molecule has 0 aliphatic heterocycles. The van der Waals surface area contributed by atoms with Gasteiger partial charge >= 0.3 is 47.7 Å². The monoisotopic (exact) mass is 389 g/mol. The molecule has 0 N–H and O–H groups in total. The second-order valence-electron chi connectivity index (χ2n) is 3.66. The van der Waals surface area contributed by atoms with Crippen LogP contribution in [0.4, 0.5) is 11.4 Å². The Morgan fingerprint density at radius 2 is 1.75 bits per heavy atom. The maximum atomic E-state index is 8.82. The summed E-state index contributed by atoms with van der Waals surface area (Å²) in [6.45, 7) is 8.56. The molecule has 0 aliphatic carbocycles. The first-order chi connectivity index (χ1) is 9.49. The van der Waals surface area contributed by atoms with Crippen LogP contribution in [0.15, 0.2) is 18.2 Å². The van der Waals surface area contributed by atoms with Gasteiger partial charge in [0, 0.05) is 30.9 Å². The van der Waals surface area contributed by atoms with Crippen LogP contribution in [0.5, 0.6) is 5.75 Å². The van der Waals surface area contributed by atoms with Gasteiger partial charge in [0.05, 0.1) is 6.61 Å². The Bertz CT molecular complexity index is 434. The third kappa shape index (κ3) is 7.50. The molecule has 20 heavy (non-hydrogen) atoms. The number of nitrogens with zero attached hydrogens (tertiary/aromatic N) is 3. The van der Waals surface area contributed by atoms with Crippen molar-refractivity contribution in [2.75, 3.05) is 24.6 Å². The fourth-order valence-corrected chi connectivity index (χ4v) is 1.64. The Labute approximate surface area is 137 Å². The molecule has 0 unspecified atom stereocenters. The molecule has 0 aromatic heterocycles. The van der Waals surface area contributed by atoms with E-state index in [-0.39, 0.29) is 0 Å². The number of hydrogen-bond donors (Lipinski definition) is 0. The molecule has 0 atom stereocenters. The minimum absolute atomic E-state index is 0.470. The third-order valence-electron chi connectivity index (χ3n) is 2.48. The van der Waals surface area contributed by atoms with Gasteiger partial charge in [0.1, 0.15) is 0 Å². The SMILES string of the molecule is CCOc1cc(N(CC)CC)ccc1[N+]#N.[Cl][Zn-]([Cl])[Cl]. The minimum atomic E-state index is -2.21. The fraction of sp³-hybridized carbons (Fsp3) is 0.500. The van der Waals surface area contributed by atoms with Crippen LogP contribution in [0.2, 0.25) is 0 Å². The number of halogens is 3. The zero-order valence-electron chi connectivity index (χ0n) is 11.9. The number of anilines is 1. The average Bonchev–Trinajstić information content (AvgIpc) is 2.40. The summed E-state index contributed by atoms with van der Waals surface area (Å²) in [5, 5.41) is 8.82. The van der Waals surface area contributed by atoms with E-state index >= 15 is 0 Å². The Morgan fingerprint density at radius 1 is 1.20 bits per heavy atom. The van der Waals surface area contributed by atoms with Crippen molar-refractivity contribution in [3.05, 3.63) is 23.2 Å². The number of ether oxygens (including phenoxy) is 1. The van der Waals surface area contributed by atoms with Gasteiger partial charge in [-0.3, -0.25) is 0 Å². The summed E-state index contributed by atoms with van der Waals surface area (Å²) >= 11 is -2.21.